The molecule has 0 aliphatic heterocycles. The molecule has 6 nitrogen and oxygen atoms in total. The molecule has 1 aromatic carbocycles. The van der Waals surface area contributed by atoms with Gasteiger partial charge in [0.1, 0.15) is 6.04 Å². The molecule has 0 spiro atoms. The van der Waals surface area contributed by atoms with Crippen LogP contribution in [-0.2, 0) is 19.4 Å². The normalized spacial score (nSPS) is 12.6. The molecule has 22 heavy (non-hydrogen) atoms. The van der Waals surface area contributed by atoms with Gasteiger partial charge in [0.05, 0.1) is 10.6 Å². The first-order chi connectivity index (χ1) is 10.4. The van der Waals surface area contributed by atoms with Crippen LogP contribution in [-0.4, -0.2) is 49.2 Å². The van der Waals surface area contributed by atoms with Gasteiger partial charge in [0.15, 0.2) is 9.84 Å². The third kappa shape index (κ3) is 6.07. The van der Waals surface area contributed by atoms with E-state index in [0.717, 1.165) is 0 Å². The summed E-state index contributed by atoms with van der Waals surface area (Å²) in [5.41, 5.74) is 0. The van der Waals surface area contributed by atoms with Crippen LogP contribution in [0.25, 0.3) is 0 Å². The molecule has 8 heteroatoms. The lowest BCUT2D eigenvalue weighted by Gasteiger charge is -2.13. The van der Waals surface area contributed by atoms with Gasteiger partial charge in [-0.05, 0) is 30.6 Å². The Morgan fingerprint density at radius 1 is 1.27 bits per heavy atom. The fourth-order valence-corrected chi connectivity index (χ4v) is 3.47. The fourth-order valence-electron chi connectivity index (χ4n) is 1.73. The highest BCUT2D eigenvalue weighted by Crippen LogP contribution is 2.11. The summed E-state index contributed by atoms with van der Waals surface area (Å²) in [6.07, 6.45) is 1.88. The van der Waals surface area contributed by atoms with E-state index >= 15 is 0 Å². The van der Waals surface area contributed by atoms with Crippen molar-refractivity contribution in [1.82, 2.24) is 5.32 Å². The highest BCUT2D eigenvalue weighted by atomic mass is 32.2. The number of carboxylic acids is 1. The lowest BCUT2D eigenvalue weighted by molar-refractivity contribution is -0.141. The van der Waals surface area contributed by atoms with Crippen molar-refractivity contribution in [3.05, 3.63) is 30.3 Å². The summed E-state index contributed by atoms with van der Waals surface area (Å²) in [5, 5.41) is 11.4. The molecule has 0 aromatic heterocycles. The number of nitrogens with one attached hydrogen (secondary N) is 1. The zero-order valence-corrected chi connectivity index (χ0v) is 13.8. The van der Waals surface area contributed by atoms with Gasteiger partial charge >= 0.3 is 5.97 Å². The lowest BCUT2D eigenvalue weighted by Crippen LogP contribution is -2.41. The van der Waals surface area contributed by atoms with Gasteiger partial charge < -0.3 is 10.4 Å². The predicted octanol–water partition coefficient (Wildman–Crippen LogP) is 1.17. The van der Waals surface area contributed by atoms with E-state index in [-0.39, 0.29) is 17.1 Å². The van der Waals surface area contributed by atoms with Gasteiger partial charge in [-0.15, -0.1) is 0 Å². The summed E-state index contributed by atoms with van der Waals surface area (Å²) >= 11 is 1.48. The molecule has 0 heterocycles. The third-order valence-corrected chi connectivity index (χ3v) is 5.32. The van der Waals surface area contributed by atoms with E-state index in [0.29, 0.717) is 12.2 Å². The van der Waals surface area contributed by atoms with E-state index < -0.39 is 27.8 Å². The van der Waals surface area contributed by atoms with Crippen LogP contribution in [0.15, 0.2) is 35.2 Å². The maximum atomic E-state index is 12.0. The van der Waals surface area contributed by atoms with E-state index in [4.69, 9.17) is 5.11 Å². The second kappa shape index (κ2) is 8.79. The fraction of sp³-hybridized carbons (Fsp3) is 0.429. The van der Waals surface area contributed by atoms with Crippen molar-refractivity contribution < 1.29 is 23.1 Å². The minimum absolute atomic E-state index is 0.153. The molecule has 1 amide bonds. The molecule has 0 aliphatic rings. The molecule has 0 saturated carbocycles. The summed E-state index contributed by atoms with van der Waals surface area (Å²) < 4.78 is 24.1. The number of sulfone groups is 1. The molecule has 122 valence electrons. The number of carboxylic acid groups (broad SMARTS) is 1. The maximum Gasteiger partial charge on any atom is 0.326 e. The van der Waals surface area contributed by atoms with Crippen LogP contribution < -0.4 is 5.32 Å². The highest BCUT2D eigenvalue weighted by Gasteiger charge is 2.21. The van der Waals surface area contributed by atoms with Crippen molar-refractivity contribution in [2.45, 2.75) is 23.8 Å². The van der Waals surface area contributed by atoms with Crippen LogP contribution in [0, 0.1) is 0 Å². The average Bonchev–Trinajstić information content (AvgIpc) is 2.50. The van der Waals surface area contributed by atoms with E-state index in [9.17, 15) is 18.0 Å². The highest BCUT2D eigenvalue weighted by molar-refractivity contribution is 7.98. The van der Waals surface area contributed by atoms with Crippen molar-refractivity contribution >= 4 is 33.5 Å². The second-order valence-corrected chi connectivity index (χ2v) is 7.72. The van der Waals surface area contributed by atoms with Gasteiger partial charge in [-0.3, -0.25) is 4.79 Å². The SMILES string of the molecule is CSCCC(NC(=O)CCS(=O)(=O)c1ccccc1)C(=O)O. The Balaban J connectivity index is 2.56. The number of benzene rings is 1. The average molecular weight is 345 g/mol. The largest absolute Gasteiger partial charge is 0.480 e. The van der Waals surface area contributed by atoms with Crippen molar-refractivity contribution in [2.24, 2.45) is 0 Å². The van der Waals surface area contributed by atoms with Gasteiger partial charge in [0.25, 0.3) is 0 Å². The molecule has 1 unspecified atom stereocenters. The number of hydrogen-bond donors (Lipinski definition) is 2. The smallest absolute Gasteiger partial charge is 0.326 e. The van der Waals surface area contributed by atoms with E-state index in [1.165, 1.54) is 23.9 Å². The summed E-state index contributed by atoms with van der Waals surface area (Å²) in [4.78, 5) is 22.9. The number of rotatable bonds is 9. The number of carbonyl (C=O) groups is 2. The van der Waals surface area contributed by atoms with Gasteiger partial charge in [0, 0.05) is 6.42 Å². The van der Waals surface area contributed by atoms with Crippen LogP contribution in [0.4, 0.5) is 0 Å². The van der Waals surface area contributed by atoms with Gasteiger partial charge in [-0.1, -0.05) is 18.2 Å². The molecular formula is C14H19NO5S2. The Bertz CT molecular complexity index is 601. The molecule has 2 N–H and O–H groups in total. The first-order valence-corrected chi connectivity index (χ1v) is 9.70. The van der Waals surface area contributed by atoms with Crippen molar-refractivity contribution in [2.75, 3.05) is 17.8 Å². The van der Waals surface area contributed by atoms with Crippen LogP contribution in [0.2, 0.25) is 0 Å². The van der Waals surface area contributed by atoms with Crippen LogP contribution >= 0.6 is 11.8 Å². The van der Waals surface area contributed by atoms with Crippen molar-refractivity contribution in [3.8, 4) is 0 Å². The third-order valence-electron chi connectivity index (χ3n) is 2.94. The monoisotopic (exact) mass is 345 g/mol. The van der Waals surface area contributed by atoms with Gasteiger partial charge in [0.2, 0.25) is 5.91 Å². The minimum Gasteiger partial charge on any atom is -0.480 e. The number of thioether (sulfide) groups is 1. The van der Waals surface area contributed by atoms with E-state index in [2.05, 4.69) is 5.32 Å². The minimum atomic E-state index is -3.54. The number of aliphatic carboxylic acids is 1. The van der Waals surface area contributed by atoms with Gasteiger partial charge in [-0.2, -0.15) is 11.8 Å². The van der Waals surface area contributed by atoms with Crippen LogP contribution in [0.1, 0.15) is 12.8 Å². The molecule has 0 aliphatic carbocycles. The standard InChI is InChI=1S/C14H19NO5S2/c1-21-9-7-12(14(17)18)15-13(16)8-10-22(19,20)11-5-3-2-4-6-11/h2-6,12H,7-10H2,1H3,(H,15,16)(H,17,18). The summed E-state index contributed by atoms with van der Waals surface area (Å²) in [6, 6.07) is 6.86. The number of hydrogen-bond acceptors (Lipinski definition) is 5. The maximum absolute atomic E-state index is 12.0. The van der Waals surface area contributed by atoms with E-state index in [1.54, 1.807) is 18.2 Å². The molecule has 1 atom stereocenters. The summed E-state index contributed by atoms with van der Waals surface area (Å²) in [5.74, 6) is -1.45. The molecular weight excluding hydrogens is 326 g/mol. The predicted molar refractivity (Wildman–Crippen MR) is 85.7 cm³/mol. The topological polar surface area (TPSA) is 101 Å². The number of carbonyl (C=O) groups excluding carboxylic acids is 1. The molecule has 0 bridgehead atoms. The first-order valence-electron chi connectivity index (χ1n) is 6.65. The van der Waals surface area contributed by atoms with Crippen molar-refractivity contribution in [1.29, 1.82) is 0 Å². The zero-order chi connectivity index (χ0) is 16.6. The van der Waals surface area contributed by atoms with E-state index in [1.807, 2.05) is 6.26 Å². The van der Waals surface area contributed by atoms with Crippen molar-refractivity contribution in [3.63, 3.8) is 0 Å². The summed E-state index contributed by atoms with van der Waals surface area (Å²) in [7, 11) is -3.54. The first kappa shape index (κ1) is 18.5. The lowest BCUT2D eigenvalue weighted by atomic mass is 10.2. The van der Waals surface area contributed by atoms with Crippen LogP contribution in [0.3, 0.4) is 0 Å². The quantitative estimate of drug-likeness (QED) is 0.697. The summed E-state index contributed by atoms with van der Waals surface area (Å²) in [6.45, 7) is 0. The molecule has 0 saturated heterocycles. The Kier molecular flexibility index (Phi) is 7.40. The molecule has 0 radical (unpaired) electrons. The Labute approximate surface area is 134 Å². The Morgan fingerprint density at radius 3 is 2.45 bits per heavy atom. The second-order valence-electron chi connectivity index (χ2n) is 4.62. The Morgan fingerprint density at radius 2 is 1.91 bits per heavy atom. The van der Waals surface area contributed by atoms with Gasteiger partial charge in [-0.25, -0.2) is 13.2 Å². The molecule has 0 fully saturated rings. The molecule has 1 rings (SSSR count). The zero-order valence-electron chi connectivity index (χ0n) is 12.2. The van der Waals surface area contributed by atoms with Crippen LogP contribution in [0.5, 0.6) is 0 Å². The number of amides is 1. The Hall–Kier alpha value is -1.54. The molecule has 1 aromatic rings.